The standard InChI is InChI=1S/C13H19N5O5S/c1-6(14)11(12-17-7(2)24-18-12)22-5-8-3-9(15)10(4-16-8)23-13(19,20)21/h3-4,6,11,19-21H,5,14H2,1-2H3,(H2,15,16). The number of aryl methyl sites for hydroxylation is 1. The first-order valence-corrected chi connectivity index (χ1v) is 7.71. The Bertz CT molecular complexity index is 688. The van der Waals surface area contributed by atoms with Crippen LogP contribution >= 0.6 is 11.5 Å². The van der Waals surface area contributed by atoms with Gasteiger partial charge in [-0.15, -0.1) is 0 Å². The highest BCUT2D eigenvalue weighted by Gasteiger charge is 2.24. The van der Waals surface area contributed by atoms with Gasteiger partial charge in [0.15, 0.2) is 11.6 Å². The second kappa shape index (κ2) is 7.34. The molecule has 0 bridgehead atoms. The fourth-order valence-electron chi connectivity index (χ4n) is 1.88. The third-order valence-electron chi connectivity index (χ3n) is 2.89. The van der Waals surface area contributed by atoms with Crippen molar-refractivity contribution in [3.63, 3.8) is 0 Å². The second-order valence-corrected chi connectivity index (χ2v) is 6.11. The zero-order valence-corrected chi connectivity index (χ0v) is 13.9. The Kier molecular flexibility index (Phi) is 5.64. The molecule has 0 aliphatic rings. The summed E-state index contributed by atoms with van der Waals surface area (Å²) in [4.78, 5) is 8.28. The summed E-state index contributed by atoms with van der Waals surface area (Å²) in [6.45, 7) is 3.70. The molecule has 0 aliphatic heterocycles. The quantitative estimate of drug-likeness (QED) is 0.403. The van der Waals surface area contributed by atoms with E-state index in [1.165, 1.54) is 17.6 Å². The van der Waals surface area contributed by atoms with E-state index in [1.54, 1.807) is 6.92 Å². The summed E-state index contributed by atoms with van der Waals surface area (Å²) >= 11 is 1.26. The van der Waals surface area contributed by atoms with Crippen molar-refractivity contribution in [2.45, 2.75) is 38.8 Å². The fraction of sp³-hybridized carbons (Fsp3) is 0.462. The molecule has 24 heavy (non-hydrogen) atoms. The molecule has 2 aromatic heterocycles. The summed E-state index contributed by atoms with van der Waals surface area (Å²) < 4.78 is 14.4. The third-order valence-corrected chi connectivity index (χ3v) is 3.52. The summed E-state index contributed by atoms with van der Waals surface area (Å²) in [5.74, 6) is 0.317. The van der Waals surface area contributed by atoms with Crippen LogP contribution in [0.15, 0.2) is 12.3 Å². The lowest BCUT2D eigenvalue weighted by Crippen LogP contribution is -2.35. The molecule has 11 heteroatoms. The Morgan fingerprint density at radius 1 is 1.38 bits per heavy atom. The van der Waals surface area contributed by atoms with Crippen molar-refractivity contribution >= 4 is 17.2 Å². The number of anilines is 1. The molecule has 2 aromatic rings. The van der Waals surface area contributed by atoms with Crippen molar-refractivity contribution in [3.05, 3.63) is 28.8 Å². The van der Waals surface area contributed by atoms with Crippen molar-refractivity contribution in [2.75, 3.05) is 5.73 Å². The second-order valence-electron chi connectivity index (χ2n) is 5.15. The van der Waals surface area contributed by atoms with Gasteiger partial charge in [-0.05, 0) is 31.4 Å². The number of nitrogens with zero attached hydrogens (tertiary/aromatic N) is 3. The Morgan fingerprint density at radius 2 is 2.08 bits per heavy atom. The van der Waals surface area contributed by atoms with E-state index < -0.39 is 12.3 Å². The molecular weight excluding hydrogens is 338 g/mol. The maximum absolute atomic E-state index is 8.78. The first kappa shape index (κ1) is 18.4. The number of aromatic nitrogens is 3. The average molecular weight is 357 g/mol. The molecule has 0 aromatic carbocycles. The first-order chi connectivity index (χ1) is 11.2. The molecule has 2 atom stereocenters. The Morgan fingerprint density at radius 3 is 2.58 bits per heavy atom. The van der Waals surface area contributed by atoms with E-state index in [0.717, 1.165) is 11.2 Å². The molecule has 0 amide bonds. The SMILES string of the molecule is Cc1nc(C(OCc2cc(N)c(OC(O)(O)O)cn2)C(C)N)ns1. The van der Waals surface area contributed by atoms with Crippen LogP contribution in [0.2, 0.25) is 0 Å². The molecule has 132 valence electrons. The number of aliphatic hydroxyl groups is 3. The molecule has 2 heterocycles. The van der Waals surface area contributed by atoms with Gasteiger partial charge in [-0.1, -0.05) is 0 Å². The lowest BCUT2D eigenvalue weighted by Gasteiger charge is -2.19. The molecule has 2 unspecified atom stereocenters. The van der Waals surface area contributed by atoms with Gasteiger partial charge in [-0.3, -0.25) is 4.98 Å². The van der Waals surface area contributed by atoms with E-state index in [9.17, 15) is 0 Å². The van der Waals surface area contributed by atoms with Crippen molar-refractivity contribution in [3.8, 4) is 5.75 Å². The summed E-state index contributed by atoms with van der Waals surface area (Å²) in [5.41, 5.74) is 12.1. The molecule has 0 aliphatic carbocycles. The van der Waals surface area contributed by atoms with Crippen molar-refractivity contribution < 1.29 is 24.8 Å². The number of nitrogen functional groups attached to an aromatic ring is 1. The summed E-state index contributed by atoms with van der Waals surface area (Å²) in [5, 5.41) is 27.2. The lowest BCUT2D eigenvalue weighted by molar-refractivity contribution is -0.419. The van der Waals surface area contributed by atoms with E-state index in [1.807, 2.05) is 6.92 Å². The number of hydrogen-bond donors (Lipinski definition) is 5. The largest absolute Gasteiger partial charge is 0.453 e. The number of hydrogen-bond acceptors (Lipinski definition) is 11. The summed E-state index contributed by atoms with van der Waals surface area (Å²) in [6, 6.07) is 1.08. The Hall–Kier alpha value is -1.89. The van der Waals surface area contributed by atoms with Crippen LogP contribution in [0.25, 0.3) is 0 Å². The third kappa shape index (κ3) is 5.06. The molecule has 0 radical (unpaired) electrons. The zero-order valence-electron chi connectivity index (χ0n) is 13.1. The topological polar surface area (TPSA) is 170 Å². The van der Waals surface area contributed by atoms with Crippen LogP contribution in [0.1, 0.15) is 29.6 Å². The Balaban J connectivity index is 2.06. The normalized spacial score (nSPS) is 14.4. The number of nitrogens with two attached hydrogens (primary N) is 2. The molecule has 0 saturated carbocycles. The highest BCUT2D eigenvalue weighted by atomic mass is 32.1. The molecule has 7 N–H and O–H groups in total. The van der Waals surface area contributed by atoms with Gasteiger partial charge in [0.25, 0.3) is 0 Å². The van der Waals surface area contributed by atoms with Gasteiger partial charge in [-0.2, -0.15) is 4.37 Å². The van der Waals surface area contributed by atoms with Crippen LogP contribution in [0.4, 0.5) is 5.69 Å². The lowest BCUT2D eigenvalue weighted by atomic mass is 10.2. The molecular formula is C13H19N5O5S. The van der Waals surface area contributed by atoms with Gasteiger partial charge in [0.05, 0.1) is 24.2 Å². The number of rotatable bonds is 7. The van der Waals surface area contributed by atoms with Crippen molar-refractivity contribution in [1.29, 1.82) is 0 Å². The monoisotopic (exact) mass is 357 g/mol. The van der Waals surface area contributed by atoms with Crippen molar-refractivity contribution in [2.24, 2.45) is 5.73 Å². The van der Waals surface area contributed by atoms with E-state index in [2.05, 4.69) is 19.1 Å². The van der Waals surface area contributed by atoms with Crippen LogP contribution in [0, 0.1) is 6.92 Å². The Labute approximate surface area is 141 Å². The molecule has 0 fully saturated rings. The molecule has 10 nitrogen and oxygen atoms in total. The molecule has 2 rings (SSSR count). The minimum Gasteiger partial charge on any atom is -0.413 e. The zero-order chi connectivity index (χ0) is 17.9. The predicted octanol–water partition coefficient (Wildman–Crippen LogP) is -0.604. The minimum absolute atomic E-state index is 0.0464. The van der Waals surface area contributed by atoms with E-state index in [4.69, 9.17) is 31.5 Å². The van der Waals surface area contributed by atoms with E-state index in [-0.39, 0.29) is 24.1 Å². The van der Waals surface area contributed by atoms with Crippen LogP contribution in [0.5, 0.6) is 5.75 Å². The van der Waals surface area contributed by atoms with Gasteiger partial charge < -0.3 is 36.3 Å². The van der Waals surface area contributed by atoms with Crippen LogP contribution in [-0.2, 0) is 11.3 Å². The highest BCUT2D eigenvalue weighted by molar-refractivity contribution is 7.05. The van der Waals surface area contributed by atoms with Gasteiger partial charge in [0.2, 0.25) is 0 Å². The van der Waals surface area contributed by atoms with Crippen molar-refractivity contribution in [1.82, 2.24) is 14.3 Å². The van der Waals surface area contributed by atoms with Gasteiger partial charge in [-0.25, -0.2) is 4.98 Å². The maximum atomic E-state index is 8.78. The van der Waals surface area contributed by atoms with E-state index in [0.29, 0.717) is 11.5 Å². The van der Waals surface area contributed by atoms with Crippen LogP contribution < -0.4 is 16.2 Å². The average Bonchev–Trinajstić information content (AvgIpc) is 2.86. The maximum Gasteiger partial charge on any atom is 0.453 e. The summed E-state index contributed by atoms with van der Waals surface area (Å²) in [7, 11) is 0. The van der Waals surface area contributed by atoms with Gasteiger partial charge in [0.1, 0.15) is 11.1 Å². The van der Waals surface area contributed by atoms with Crippen LogP contribution in [0.3, 0.4) is 0 Å². The van der Waals surface area contributed by atoms with Crippen LogP contribution in [-0.4, -0.2) is 41.9 Å². The smallest absolute Gasteiger partial charge is 0.413 e. The van der Waals surface area contributed by atoms with Gasteiger partial charge >= 0.3 is 6.16 Å². The number of ether oxygens (including phenoxy) is 2. The predicted molar refractivity (Wildman–Crippen MR) is 84.5 cm³/mol. The van der Waals surface area contributed by atoms with E-state index >= 15 is 0 Å². The molecule has 0 saturated heterocycles. The van der Waals surface area contributed by atoms with Gasteiger partial charge in [0, 0.05) is 6.04 Å². The summed E-state index contributed by atoms with van der Waals surface area (Å²) in [6.07, 6.45) is -2.70. The first-order valence-electron chi connectivity index (χ1n) is 6.93. The minimum atomic E-state index is -3.33. The highest BCUT2D eigenvalue weighted by Crippen LogP contribution is 2.25. The molecule has 0 spiro atoms. The number of pyridine rings is 1. The fourth-order valence-corrected chi connectivity index (χ4v) is 2.39.